The minimum Gasteiger partial charge on any atom is -0.320 e. The van der Waals surface area contributed by atoms with Gasteiger partial charge in [0.15, 0.2) is 0 Å². The van der Waals surface area contributed by atoms with Crippen LogP contribution in [0.2, 0.25) is 0 Å². The molecule has 3 aromatic rings. The van der Waals surface area contributed by atoms with Crippen molar-refractivity contribution in [3.8, 4) is 5.69 Å². The van der Waals surface area contributed by atoms with Gasteiger partial charge in [0.1, 0.15) is 5.82 Å². The Morgan fingerprint density at radius 1 is 1.15 bits per heavy atom. The maximum absolute atomic E-state index is 13.7. The van der Waals surface area contributed by atoms with Crippen LogP contribution < -0.4 is 5.32 Å². The molecule has 27 heavy (non-hydrogen) atoms. The van der Waals surface area contributed by atoms with Gasteiger partial charge in [-0.05, 0) is 42.5 Å². The van der Waals surface area contributed by atoms with Crippen molar-refractivity contribution in [2.75, 3.05) is 5.32 Å². The van der Waals surface area contributed by atoms with E-state index in [-0.39, 0.29) is 21.7 Å². The molecule has 1 amide bonds. The molecular formula is C17H12F4N4OS. The Balaban J connectivity index is 2.14. The average molecular weight is 396 g/mol. The summed E-state index contributed by atoms with van der Waals surface area (Å²) in [6, 6.07) is 11.0. The number of nitrogens with zero attached hydrogens (tertiary/aromatic N) is 3. The molecule has 0 fully saturated rings. The fourth-order valence-corrected chi connectivity index (χ4v) is 2.68. The van der Waals surface area contributed by atoms with E-state index in [1.165, 1.54) is 19.2 Å². The van der Waals surface area contributed by atoms with Crippen molar-refractivity contribution in [1.82, 2.24) is 14.3 Å². The van der Waals surface area contributed by atoms with Crippen LogP contribution in [-0.4, -0.2) is 20.3 Å². The van der Waals surface area contributed by atoms with Crippen molar-refractivity contribution in [2.45, 2.75) is 6.18 Å². The average Bonchev–Trinajstić information content (AvgIpc) is 2.91. The first-order valence-corrected chi connectivity index (χ1v) is 7.99. The summed E-state index contributed by atoms with van der Waals surface area (Å²) in [6.07, 6.45) is -4.80. The zero-order valence-electron chi connectivity index (χ0n) is 13.8. The van der Waals surface area contributed by atoms with Gasteiger partial charge in [0.25, 0.3) is 5.91 Å². The number of aromatic nitrogens is 3. The predicted molar refractivity (Wildman–Crippen MR) is 92.7 cm³/mol. The van der Waals surface area contributed by atoms with E-state index in [1.54, 1.807) is 18.2 Å². The third-order valence-corrected chi connectivity index (χ3v) is 4.11. The largest absolute Gasteiger partial charge is 0.452 e. The molecule has 140 valence electrons. The van der Waals surface area contributed by atoms with Crippen molar-refractivity contribution in [3.63, 3.8) is 0 Å². The SMILES string of the molecule is Cn1nc(C(F)(F)F)n(-c2ccc(F)cc2NC(=O)c2ccccc2)c1=S. The molecule has 0 aliphatic rings. The van der Waals surface area contributed by atoms with Gasteiger partial charge in [-0.1, -0.05) is 18.2 Å². The lowest BCUT2D eigenvalue weighted by Gasteiger charge is -2.14. The third kappa shape index (κ3) is 3.75. The van der Waals surface area contributed by atoms with Gasteiger partial charge in [-0.25, -0.2) is 9.07 Å². The molecule has 0 aliphatic carbocycles. The number of nitrogens with one attached hydrogen (secondary N) is 1. The fraction of sp³-hybridized carbons (Fsp3) is 0.118. The number of halogens is 4. The Labute approximate surface area is 155 Å². The number of rotatable bonds is 3. The highest BCUT2D eigenvalue weighted by Crippen LogP contribution is 2.32. The molecule has 0 saturated heterocycles. The number of anilines is 1. The Morgan fingerprint density at radius 2 is 1.81 bits per heavy atom. The van der Waals surface area contributed by atoms with Crippen LogP contribution in [0, 0.1) is 10.6 Å². The van der Waals surface area contributed by atoms with Gasteiger partial charge in [-0.2, -0.15) is 13.2 Å². The quantitative estimate of drug-likeness (QED) is 0.529. The second-order valence-electron chi connectivity index (χ2n) is 5.54. The standard InChI is InChI=1S/C17H12F4N4OS/c1-24-16(27)25(15(23-24)17(19,20)21)13-8-7-11(18)9-12(13)22-14(26)10-5-3-2-4-6-10/h2-9H,1H3,(H,22,26). The summed E-state index contributed by atoms with van der Waals surface area (Å²) in [5, 5.41) is 5.83. The minimum absolute atomic E-state index is 0.147. The Hall–Kier alpha value is -3.01. The molecule has 2 aromatic carbocycles. The minimum atomic E-state index is -4.80. The van der Waals surface area contributed by atoms with Gasteiger partial charge in [0.2, 0.25) is 10.6 Å². The number of aryl methyl sites for hydroxylation is 1. The van der Waals surface area contributed by atoms with Crippen molar-refractivity contribution >= 4 is 23.8 Å². The van der Waals surface area contributed by atoms with Crippen LogP contribution >= 0.6 is 12.2 Å². The number of carbonyl (C=O) groups is 1. The van der Waals surface area contributed by atoms with Gasteiger partial charge < -0.3 is 5.32 Å². The number of amides is 1. The van der Waals surface area contributed by atoms with Crippen LogP contribution in [0.1, 0.15) is 16.2 Å². The molecule has 0 saturated carbocycles. The number of hydrogen-bond acceptors (Lipinski definition) is 3. The summed E-state index contributed by atoms with van der Waals surface area (Å²) < 4.78 is 55.1. The van der Waals surface area contributed by atoms with E-state index in [0.29, 0.717) is 4.57 Å². The molecule has 10 heteroatoms. The van der Waals surface area contributed by atoms with Crippen LogP contribution in [0.4, 0.5) is 23.2 Å². The van der Waals surface area contributed by atoms with Crippen LogP contribution in [0.15, 0.2) is 48.5 Å². The summed E-state index contributed by atoms with van der Waals surface area (Å²) >= 11 is 5.02. The number of benzene rings is 2. The summed E-state index contributed by atoms with van der Waals surface area (Å²) in [5.41, 5.74) is -0.0527. The molecule has 0 unspecified atom stereocenters. The number of alkyl halides is 3. The van der Waals surface area contributed by atoms with E-state index >= 15 is 0 Å². The topological polar surface area (TPSA) is 51.9 Å². The second-order valence-corrected chi connectivity index (χ2v) is 5.91. The zero-order chi connectivity index (χ0) is 19.8. The molecule has 5 nitrogen and oxygen atoms in total. The maximum atomic E-state index is 13.7. The number of hydrogen-bond donors (Lipinski definition) is 1. The molecule has 3 rings (SSSR count). The highest BCUT2D eigenvalue weighted by atomic mass is 32.1. The lowest BCUT2D eigenvalue weighted by molar-refractivity contribution is -0.146. The van der Waals surface area contributed by atoms with Gasteiger partial charge in [0, 0.05) is 12.6 Å². The van der Waals surface area contributed by atoms with Crippen molar-refractivity contribution in [3.05, 3.63) is 70.5 Å². The smallest absolute Gasteiger partial charge is 0.320 e. The molecule has 1 N–H and O–H groups in total. The highest BCUT2D eigenvalue weighted by Gasteiger charge is 2.39. The fourth-order valence-electron chi connectivity index (χ4n) is 2.45. The van der Waals surface area contributed by atoms with E-state index in [2.05, 4.69) is 10.4 Å². The van der Waals surface area contributed by atoms with Crippen LogP contribution in [0.3, 0.4) is 0 Å². The van der Waals surface area contributed by atoms with Crippen molar-refractivity contribution in [2.24, 2.45) is 7.05 Å². The monoisotopic (exact) mass is 396 g/mol. The van der Waals surface area contributed by atoms with Gasteiger partial charge in [-0.15, -0.1) is 5.10 Å². The second kappa shape index (κ2) is 6.95. The Morgan fingerprint density at radius 3 is 2.44 bits per heavy atom. The molecule has 1 aromatic heterocycles. The summed E-state index contributed by atoms with van der Waals surface area (Å²) in [6.45, 7) is 0. The van der Waals surface area contributed by atoms with Gasteiger partial charge in [0.05, 0.1) is 11.4 Å². The summed E-state index contributed by atoms with van der Waals surface area (Å²) in [7, 11) is 1.26. The van der Waals surface area contributed by atoms with Crippen LogP contribution in [-0.2, 0) is 13.2 Å². The van der Waals surface area contributed by atoms with E-state index in [9.17, 15) is 22.4 Å². The normalized spacial score (nSPS) is 11.4. The molecule has 1 heterocycles. The van der Waals surface area contributed by atoms with E-state index in [0.717, 1.165) is 22.9 Å². The highest BCUT2D eigenvalue weighted by molar-refractivity contribution is 7.71. The molecule has 0 aliphatic heterocycles. The Bertz CT molecular complexity index is 1060. The van der Waals surface area contributed by atoms with E-state index in [1.807, 2.05) is 0 Å². The Kier molecular flexibility index (Phi) is 4.83. The first-order chi connectivity index (χ1) is 12.7. The maximum Gasteiger partial charge on any atom is 0.452 e. The molecule has 0 spiro atoms. The zero-order valence-corrected chi connectivity index (χ0v) is 14.6. The van der Waals surface area contributed by atoms with Gasteiger partial charge in [-0.3, -0.25) is 9.36 Å². The lowest BCUT2D eigenvalue weighted by Crippen LogP contribution is -2.17. The lowest BCUT2D eigenvalue weighted by atomic mass is 10.2. The third-order valence-electron chi connectivity index (χ3n) is 3.66. The molecule has 0 bridgehead atoms. The predicted octanol–water partition coefficient (Wildman–Crippen LogP) is 4.35. The van der Waals surface area contributed by atoms with E-state index in [4.69, 9.17) is 12.2 Å². The molecule has 0 atom stereocenters. The van der Waals surface area contributed by atoms with Crippen molar-refractivity contribution < 1.29 is 22.4 Å². The first kappa shape index (κ1) is 18.8. The van der Waals surface area contributed by atoms with E-state index < -0.39 is 23.7 Å². The molecular weight excluding hydrogens is 384 g/mol. The molecule has 0 radical (unpaired) electrons. The first-order valence-electron chi connectivity index (χ1n) is 7.58. The number of carbonyl (C=O) groups excluding carboxylic acids is 1. The summed E-state index contributed by atoms with van der Waals surface area (Å²) in [4.78, 5) is 12.4. The van der Waals surface area contributed by atoms with Crippen LogP contribution in [0.25, 0.3) is 5.69 Å². The van der Waals surface area contributed by atoms with Crippen molar-refractivity contribution in [1.29, 1.82) is 0 Å². The summed E-state index contributed by atoms with van der Waals surface area (Å²) in [5.74, 6) is -2.62. The van der Waals surface area contributed by atoms with Gasteiger partial charge >= 0.3 is 6.18 Å². The van der Waals surface area contributed by atoms with Crippen LogP contribution in [0.5, 0.6) is 0 Å².